The minimum atomic E-state index is -0.0657. The summed E-state index contributed by atoms with van der Waals surface area (Å²) in [5, 5.41) is 12.8. The molecule has 6 nitrogen and oxygen atoms in total. The first-order valence-electron chi connectivity index (χ1n) is 9.87. The Balaban J connectivity index is 1.60. The van der Waals surface area contributed by atoms with Crippen LogP contribution in [0.25, 0.3) is 0 Å². The van der Waals surface area contributed by atoms with E-state index in [1.807, 2.05) is 60.9 Å². The molecular formula is C23H25ClN4O2S. The van der Waals surface area contributed by atoms with Gasteiger partial charge >= 0.3 is 0 Å². The largest absolute Gasteiger partial charge is 0.485 e. The van der Waals surface area contributed by atoms with Crippen LogP contribution in [0.5, 0.6) is 5.75 Å². The van der Waals surface area contributed by atoms with Gasteiger partial charge in [-0.3, -0.25) is 9.36 Å². The second kappa shape index (κ2) is 11.0. The van der Waals surface area contributed by atoms with E-state index in [2.05, 4.69) is 22.1 Å². The van der Waals surface area contributed by atoms with E-state index in [1.54, 1.807) is 12.1 Å². The van der Waals surface area contributed by atoms with Gasteiger partial charge in [0.15, 0.2) is 11.0 Å². The van der Waals surface area contributed by atoms with Crippen molar-refractivity contribution in [1.82, 2.24) is 20.1 Å². The predicted octanol–water partition coefficient (Wildman–Crippen LogP) is 4.97. The molecule has 1 N–H and O–H groups in total. The Bertz CT molecular complexity index is 1040. The minimum absolute atomic E-state index is 0.0630. The van der Waals surface area contributed by atoms with Gasteiger partial charge in [-0.25, -0.2) is 0 Å². The number of nitrogens with zero attached hydrogens (tertiary/aromatic N) is 3. The number of aromatic nitrogens is 3. The highest BCUT2D eigenvalue weighted by Gasteiger charge is 2.16. The summed E-state index contributed by atoms with van der Waals surface area (Å²) in [5.41, 5.74) is 2.01. The Morgan fingerprint density at radius 3 is 2.77 bits per heavy atom. The first kappa shape index (κ1) is 22.9. The molecule has 1 amide bonds. The van der Waals surface area contributed by atoms with E-state index in [-0.39, 0.29) is 24.3 Å². The predicted molar refractivity (Wildman–Crippen MR) is 124 cm³/mol. The van der Waals surface area contributed by atoms with Crippen LogP contribution in [-0.2, 0) is 17.9 Å². The van der Waals surface area contributed by atoms with Crippen molar-refractivity contribution in [2.75, 3.05) is 5.75 Å². The number of allylic oxidation sites excluding steroid dienone is 1. The number of rotatable bonds is 10. The normalized spacial score (nSPS) is 11.7. The van der Waals surface area contributed by atoms with E-state index in [9.17, 15) is 4.79 Å². The maximum Gasteiger partial charge on any atom is 0.230 e. The highest BCUT2D eigenvalue weighted by molar-refractivity contribution is 7.99. The highest BCUT2D eigenvalue weighted by atomic mass is 35.5. The highest BCUT2D eigenvalue weighted by Crippen LogP contribution is 2.24. The van der Waals surface area contributed by atoms with Crippen molar-refractivity contribution in [2.45, 2.75) is 38.2 Å². The standard InChI is InChI=1S/C23H25ClN4O2S/c1-4-12-28-21(14-30-20-11-10-19(24)13-16(20)2)26-27-23(28)31-15-22(29)25-17(3)18-8-6-5-7-9-18/h4-11,13,17H,1,12,14-15H2,2-3H3,(H,25,29). The van der Waals surface area contributed by atoms with Gasteiger partial charge in [0, 0.05) is 11.6 Å². The second-order valence-corrected chi connectivity index (χ2v) is 8.36. The summed E-state index contributed by atoms with van der Waals surface area (Å²) in [6.07, 6.45) is 1.77. The lowest BCUT2D eigenvalue weighted by Gasteiger charge is -2.14. The monoisotopic (exact) mass is 456 g/mol. The Hall–Kier alpha value is -2.77. The molecule has 1 atom stereocenters. The van der Waals surface area contributed by atoms with E-state index >= 15 is 0 Å². The molecule has 8 heteroatoms. The molecule has 2 aromatic carbocycles. The van der Waals surface area contributed by atoms with Gasteiger partial charge in [-0.2, -0.15) is 0 Å². The van der Waals surface area contributed by atoms with Gasteiger partial charge in [-0.1, -0.05) is 59.8 Å². The third kappa shape index (κ3) is 6.35. The molecule has 0 spiro atoms. The number of carbonyl (C=O) groups is 1. The molecular weight excluding hydrogens is 432 g/mol. The summed E-state index contributed by atoms with van der Waals surface area (Å²) in [7, 11) is 0. The number of benzene rings is 2. The summed E-state index contributed by atoms with van der Waals surface area (Å²) in [6.45, 7) is 8.48. The molecule has 162 valence electrons. The lowest BCUT2D eigenvalue weighted by Crippen LogP contribution is -2.28. The van der Waals surface area contributed by atoms with E-state index in [1.165, 1.54) is 11.8 Å². The van der Waals surface area contributed by atoms with Gasteiger partial charge in [0.2, 0.25) is 5.91 Å². The number of hydrogen-bond donors (Lipinski definition) is 1. The Morgan fingerprint density at radius 1 is 1.29 bits per heavy atom. The lowest BCUT2D eigenvalue weighted by molar-refractivity contribution is -0.119. The molecule has 0 aliphatic rings. The fraction of sp³-hybridized carbons (Fsp3) is 0.261. The number of amides is 1. The van der Waals surface area contributed by atoms with Crippen LogP contribution in [0.4, 0.5) is 0 Å². The fourth-order valence-electron chi connectivity index (χ4n) is 3.00. The fourth-order valence-corrected chi connectivity index (χ4v) is 4.00. The Morgan fingerprint density at radius 2 is 2.06 bits per heavy atom. The van der Waals surface area contributed by atoms with Crippen molar-refractivity contribution in [3.63, 3.8) is 0 Å². The zero-order chi connectivity index (χ0) is 22.2. The lowest BCUT2D eigenvalue weighted by atomic mass is 10.1. The average molecular weight is 457 g/mol. The number of hydrogen-bond acceptors (Lipinski definition) is 5. The van der Waals surface area contributed by atoms with Gasteiger partial charge in [0.05, 0.1) is 11.8 Å². The van der Waals surface area contributed by atoms with Crippen molar-refractivity contribution in [1.29, 1.82) is 0 Å². The van der Waals surface area contributed by atoms with Crippen molar-refractivity contribution in [3.05, 3.63) is 83.2 Å². The molecule has 1 unspecified atom stereocenters. The van der Waals surface area contributed by atoms with Crippen LogP contribution in [0, 0.1) is 6.92 Å². The van der Waals surface area contributed by atoms with E-state index in [0.717, 1.165) is 16.9 Å². The first-order valence-corrected chi connectivity index (χ1v) is 11.2. The first-order chi connectivity index (χ1) is 15.0. The van der Waals surface area contributed by atoms with Crippen molar-refractivity contribution >= 4 is 29.3 Å². The van der Waals surface area contributed by atoms with Crippen LogP contribution >= 0.6 is 23.4 Å². The topological polar surface area (TPSA) is 69.0 Å². The van der Waals surface area contributed by atoms with Gasteiger partial charge in [-0.05, 0) is 43.2 Å². The summed E-state index contributed by atoms with van der Waals surface area (Å²) in [5.74, 6) is 1.57. The SMILES string of the molecule is C=CCn1c(COc2ccc(Cl)cc2C)nnc1SCC(=O)NC(C)c1ccccc1. The summed E-state index contributed by atoms with van der Waals surface area (Å²) in [4.78, 5) is 12.4. The van der Waals surface area contributed by atoms with Gasteiger partial charge in [-0.15, -0.1) is 16.8 Å². The van der Waals surface area contributed by atoms with E-state index in [0.29, 0.717) is 22.5 Å². The molecule has 0 bridgehead atoms. The Labute approximate surface area is 191 Å². The molecule has 1 heterocycles. The van der Waals surface area contributed by atoms with E-state index in [4.69, 9.17) is 16.3 Å². The van der Waals surface area contributed by atoms with Crippen molar-refractivity contribution < 1.29 is 9.53 Å². The van der Waals surface area contributed by atoms with Crippen LogP contribution in [0.15, 0.2) is 66.3 Å². The third-order valence-electron chi connectivity index (χ3n) is 4.61. The van der Waals surface area contributed by atoms with Crippen molar-refractivity contribution in [3.8, 4) is 5.75 Å². The summed E-state index contributed by atoms with van der Waals surface area (Å²) >= 11 is 7.34. The number of nitrogens with one attached hydrogen (secondary N) is 1. The molecule has 1 aromatic heterocycles. The molecule has 31 heavy (non-hydrogen) atoms. The van der Waals surface area contributed by atoms with Gasteiger partial charge < -0.3 is 10.1 Å². The Kier molecular flexibility index (Phi) is 8.14. The zero-order valence-electron chi connectivity index (χ0n) is 17.5. The molecule has 0 saturated carbocycles. The number of carbonyl (C=O) groups excluding carboxylic acids is 1. The van der Waals surface area contributed by atoms with E-state index < -0.39 is 0 Å². The number of thioether (sulfide) groups is 1. The number of aryl methyl sites for hydroxylation is 1. The molecule has 3 aromatic rings. The molecule has 3 rings (SSSR count). The maximum atomic E-state index is 12.4. The van der Waals surface area contributed by atoms with Crippen molar-refractivity contribution in [2.24, 2.45) is 0 Å². The van der Waals surface area contributed by atoms with Crippen LogP contribution in [0.1, 0.15) is 29.9 Å². The number of ether oxygens (including phenoxy) is 1. The maximum absolute atomic E-state index is 12.4. The zero-order valence-corrected chi connectivity index (χ0v) is 19.1. The summed E-state index contributed by atoms with van der Waals surface area (Å²) in [6, 6.07) is 15.3. The minimum Gasteiger partial charge on any atom is -0.485 e. The van der Waals surface area contributed by atoms with Crippen LogP contribution in [-0.4, -0.2) is 26.4 Å². The summed E-state index contributed by atoms with van der Waals surface area (Å²) < 4.78 is 7.80. The molecule has 0 aliphatic carbocycles. The average Bonchev–Trinajstić information content (AvgIpc) is 3.14. The molecule has 0 fully saturated rings. The number of halogens is 1. The molecule has 0 radical (unpaired) electrons. The van der Waals surface area contributed by atoms with Gasteiger partial charge in [0.25, 0.3) is 0 Å². The van der Waals surface area contributed by atoms with Crippen LogP contribution in [0.2, 0.25) is 5.02 Å². The quantitative estimate of drug-likeness (QED) is 0.344. The van der Waals surface area contributed by atoms with Crippen LogP contribution < -0.4 is 10.1 Å². The molecule has 0 saturated heterocycles. The smallest absolute Gasteiger partial charge is 0.230 e. The molecule has 0 aliphatic heterocycles. The van der Waals surface area contributed by atoms with Crippen LogP contribution in [0.3, 0.4) is 0 Å². The van der Waals surface area contributed by atoms with Gasteiger partial charge in [0.1, 0.15) is 12.4 Å². The second-order valence-electron chi connectivity index (χ2n) is 6.99. The third-order valence-corrected chi connectivity index (χ3v) is 5.81.